The molecule has 2 saturated heterocycles. The topological polar surface area (TPSA) is 9.72 Å². The molecule has 2 fully saturated rings. The lowest BCUT2D eigenvalue weighted by atomic mass is 10.1. The molecule has 2 unspecified atom stereocenters. The van der Waals surface area contributed by atoms with E-state index in [-0.39, 0.29) is 0 Å². The van der Waals surface area contributed by atoms with Crippen molar-refractivity contribution in [1.29, 1.82) is 0 Å². The van der Waals surface area contributed by atoms with Gasteiger partial charge in [0.1, 0.15) is 0 Å². The molecule has 3 heteroatoms. The van der Waals surface area contributed by atoms with Crippen molar-refractivity contribution in [1.82, 2.24) is 14.7 Å². The lowest BCUT2D eigenvalue weighted by Gasteiger charge is -2.39. The molecular formula is C12H25N3. The van der Waals surface area contributed by atoms with Crippen molar-refractivity contribution in [2.24, 2.45) is 5.92 Å². The highest BCUT2D eigenvalue weighted by molar-refractivity contribution is 4.83. The first-order chi connectivity index (χ1) is 7.15. The Morgan fingerprint density at radius 1 is 1.07 bits per heavy atom. The summed E-state index contributed by atoms with van der Waals surface area (Å²) >= 11 is 0. The van der Waals surface area contributed by atoms with E-state index < -0.39 is 0 Å². The molecule has 3 nitrogen and oxygen atoms in total. The van der Waals surface area contributed by atoms with Gasteiger partial charge in [0.05, 0.1) is 0 Å². The molecule has 2 rings (SSSR count). The minimum absolute atomic E-state index is 0.744. The van der Waals surface area contributed by atoms with Crippen molar-refractivity contribution in [2.45, 2.75) is 19.4 Å². The molecule has 0 aromatic rings. The lowest BCUT2D eigenvalue weighted by Crippen LogP contribution is -2.54. The van der Waals surface area contributed by atoms with E-state index in [1.165, 1.54) is 45.7 Å². The number of hydrogen-bond acceptors (Lipinski definition) is 3. The summed E-state index contributed by atoms with van der Waals surface area (Å²) < 4.78 is 0. The Bertz CT molecular complexity index is 207. The average Bonchev–Trinajstić information content (AvgIpc) is 2.58. The molecule has 0 saturated carbocycles. The van der Waals surface area contributed by atoms with E-state index >= 15 is 0 Å². The normalized spacial score (nSPS) is 36.2. The number of rotatable bonds is 2. The number of hydrogen-bond donors (Lipinski definition) is 0. The quantitative estimate of drug-likeness (QED) is 0.661. The van der Waals surface area contributed by atoms with Crippen LogP contribution in [0.25, 0.3) is 0 Å². The molecule has 0 aliphatic carbocycles. The van der Waals surface area contributed by atoms with Crippen LogP contribution < -0.4 is 0 Å². The van der Waals surface area contributed by atoms with Crippen LogP contribution in [0.2, 0.25) is 0 Å². The first kappa shape index (κ1) is 11.4. The van der Waals surface area contributed by atoms with Crippen molar-refractivity contribution in [2.75, 3.05) is 53.4 Å². The molecule has 0 radical (unpaired) electrons. The number of likely N-dealkylation sites (N-methyl/N-ethyl adjacent to an activating group) is 2. The van der Waals surface area contributed by atoms with E-state index in [2.05, 4.69) is 35.7 Å². The largest absolute Gasteiger partial charge is 0.303 e. The van der Waals surface area contributed by atoms with Gasteiger partial charge in [0.15, 0.2) is 0 Å². The standard InChI is InChI=1S/C12H25N3/c1-11-4-5-15(8-11)10-12-9-13(2)6-7-14(12)3/h11-12H,4-10H2,1-3H3. The minimum Gasteiger partial charge on any atom is -0.303 e. The molecular weight excluding hydrogens is 186 g/mol. The third-order valence-electron chi connectivity index (χ3n) is 3.96. The second-order valence-corrected chi connectivity index (χ2v) is 5.55. The van der Waals surface area contributed by atoms with Gasteiger partial charge in [-0.3, -0.25) is 4.90 Å². The molecule has 0 aromatic carbocycles. The average molecular weight is 211 g/mol. The predicted octanol–water partition coefficient (Wildman–Crippen LogP) is 0.574. The fourth-order valence-electron chi connectivity index (χ4n) is 2.79. The Hall–Kier alpha value is -0.120. The van der Waals surface area contributed by atoms with E-state index in [0.29, 0.717) is 0 Å². The zero-order chi connectivity index (χ0) is 10.8. The Kier molecular flexibility index (Phi) is 3.65. The van der Waals surface area contributed by atoms with Crippen molar-refractivity contribution < 1.29 is 0 Å². The van der Waals surface area contributed by atoms with Gasteiger partial charge in [-0.2, -0.15) is 0 Å². The minimum atomic E-state index is 0.744. The van der Waals surface area contributed by atoms with Crippen LogP contribution >= 0.6 is 0 Å². The number of nitrogens with zero attached hydrogens (tertiary/aromatic N) is 3. The molecule has 88 valence electrons. The summed E-state index contributed by atoms with van der Waals surface area (Å²) in [6.07, 6.45) is 1.40. The summed E-state index contributed by atoms with van der Waals surface area (Å²) in [5.41, 5.74) is 0. The van der Waals surface area contributed by atoms with Crippen LogP contribution in [0.15, 0.2) is 0 Å². The van der Waals surface area contributed by atoms with Crippen LogP contribution in [0.4, 0.5) is 0 Å². The van der Waals surface area contributed by atoms with Gasteiger partial charge >= 0.3 is 0 Å². The van der Waals surface area contributed by atoms with Crippen LogP contribution in [0.5, 0.6) is 0 Å². The third-order valence-corrected chi connectivity index (χ3v) is 3.96. The monoisotopic (exact) mass is 211 g/mol. The van der Waals surface area contributed by atoms with Gasteiger partial charge in [-0.1, -0.05) is 6.92 Å². The van der Waals surface area contributed by atoms with Gasteiger partial charge < -0.3 is 9.80 Å². The van der Waals surface area contributed by atoms with Gasteiger partial charge in [0.25, 0.3) is 0 Å². The maximum absolute atomic E-state index is 2.64. The van der Waals surface area contributed by atoms with E-state index in [0.717, 1.165) is 12.0 Å². The van der Waals surface area contributed by atoms with Crippen molar-refractivity contribution in [3.63, 3.8) is 0 Å². The summed E-state index contributed by atoms with van der Waals surface area (Å²) in [6.45, 7) is 9.96. The summed E-state index contributed by atoms with van der Waals surface area (Å²) in [6, 6.07) is 0.744. The Morgan fingerprint density at radius 2 is 1.87 bits per heavy atom. The summed E-state index contributed by atoms with van der Waals surface area (Å²) in [5.74, 6) is 0.914. The van der Waals surface area contributed by atoms with Crippen molar-refractivity contribution in [3.05, 3.63) is 0 Å². The maximum Gasteiger partial charge on any atom is 0.0347 e. The molecule has 2 aliphatic heterocycles. The molecule has 2 heterocycles. The molecule has 2 aliphatic rings. The van der Waals surface area contributed by atoms with E-state index in [4.69, 9.17) is 0 Å². The van der Waals surface area contributed by atoms with Crippen LogP contribution in [0.3, 0.4) is 0 Å². The molecule has 0 bridgehead atoms. The number of likely N-dealkylation sites (tertiary alicyclic amines) is 1. The van der Waals surface area contributed by atoms with Crippen molar-refractivity contribution >= 4 is 0 Å². The molecule has 0 aromatic heterocycles. The van der Waals surface area contributed by atoms with Gasteiger partial charge in [-0.25, -0.2) is 0 Å². The zero-order valence-electron chi connectivity index (χ0n) is 10.4. The van der Waals surface area contributed by atoms with Crippen LogP contribution in [0.1, 0.15) is 13.3 Å². The number of piperazine rings is 1. The van der Waals surface area contributed by atoms with E-state index in [1.807, 2.05) is 0 Å². The Morgan fingerprint density at radius 3 is 2.53 bits per heavy atom. The second-order valence-electron chi connectivity index (χ2n) is 5.55. The van der Waals surface area contributed by atoms with Crippen LogP contribution in [-0.4, -0.2) is 74.1 Å². The van der Waals surface area contributed by atoms with Gasteiger partial charge in [-0.15, -0.1) is 0 Å². The van der Waals surface area contributed by atoms with E-state index in [9.17, 15) is 0 Å². The Balaban J connectivity index is 1.82. The summed E-state index contributed by atoms with van der Waals surface area (Å²) in [4.78, 5) is 7.64. The third kappa shape index (κ3) is 2.92. The summed E-state index contributed by atoms with van der Waals surface area (Å²) in [7, 11) is 4.52. The molecule has 15 heavy (non-hydrogen) atoms. The van der Waals surface area contributed by atoms with E-state index in [1.54, 1.807) is 0 Å². The molecule has 0 N–H and O–H groups in total. The molecule has 0 amide bonds. The smallest absolute Gasteiger partial charge is 0.0347 e. The fraction of sp³-hybridized carbons (Fsp3) is 1.00. The Labute approximate surface area is 94.0 Å². The van der Waals surface area contributed by atoms with Crippen molar-refractivity contribution in [3.8, 4) is 0 Å². The highest BCUT2D eigenvalue weighted by Crippen LogP contribution is 2.17. The van der Waals surface area contributed by atoms with Crippen LogP contribution in [0, 0.1) is 5.92 Å². The molecule has 2 atom stereocenters. The predicted molar refractivity (Wildman–Crippen MR) is 64.1 cm³/mol. The van der Waals surface area contributed by atoms with Gasteiger partial charge in [-0.05, 0) is 33.0 Å². The SMILES string of the molecule is CC1CCN(CC2CN(C)CCN2C)C1. The van der Waals surface area contributed by atoms with Gasteiger partial charge in [0.2, 0.25) is 0 Å². The molecule has 0 spiro atoms. The summed E-state index contributed by atoms with van der Waals surface area (Å²) in [5, 5.41) is 0. The highest BCUT2D eigenvalue weighted by Gasteiger charge is 2.26. The maximum atomic E-state index is 2.64. The second kappa shape index (κ2) is 4.81. The van der Waals surface area contributed by atoms with Crippen LogP contribution in [-0.2, 0) is 0 Å². The zero-order valence-corrected chi connectivity index (χ0v) is 10.4. The fourth-order valence-corrected chi connectivity index (χ4v) is 2.79. The first-order valence-electron chi connectivity index (χ1n) is 6.26. The lowest BCUT2D eigenvalue weighted by molar-refractivity contribution is 0.0882. The van der Waals surface area contributed by atoms with Gasteiger partial charge in [0, 0.05) is 38.8 Å². The first-order valence-corrected chi connectivity index (χ1v) is 6.26. The highest BCUT2D eigenvalue weighted by atomic mass is 15.3.